The highest BCUT2D eigenvalue weighted by Crippen LogP contribution is 2.36. The number of aromatic nitrogens is 2. The fraction of sp³-hybridized carbons (Fsp3) is 0.0938. The highest BCUT2D eigenvalue weighted by Gasteiger charge is 2.26. The van der Waals surface area contributed by atoms with Crippen molar-refractivity contribution in [2.24, 2.45) is 0 Å². The largest absolute Gasteiger partial charge is 1.00 e. The van der Waals surface area contributed by atoms with Gasteiger partial charge < -0.3 is 27.6 Å². The number of rotatable bonds is 4. The zero-order valence-electron chi connectivity index (χ0n) is 22.3. The normalized spacial score (nSPS) is 12.0. The second kappa shape index (κ2) is 11.0. The molecule has 1 aliphatic heterocycles. The van der Waals surface area contributed by atoms with Crippen LogP contribution in [0.1, 0.15) is 33.7 Å². The number of carbonyl (C=O) groups excluding carboxylic acids is 2. The number of aryl methyl sites for hydroxylation is 1. The van der Waals surface area contributed by atoms with Crippen molar-refractivity contribution < 1.29 is 23.4 Å². The quantitative estimate of drug-likeness (QED) is 0.370. The molecule has 6 nitrogen and oxygen atoms in total. The Morgan fingerprint density at radius 2 is 1.51 bits per heavy atom. The molecule has 2 amide bonds. The summed E-state index contributed by atoms with van der Waals surface area (Å²) in [7, 11) is 0. The topological polar surface area (TPSA) is 78.1 Å². The van der Waals surface area contributed by atoms with Gasteiger partial charge in [-0.1, -0.05) is 66.7 Å². The van der Waals surface area contributed by atoms with Crippen LogP contribution in [0.2, 0.25) is 0 Å². The molecule has 0 spiro atoms. The Morgan fingerprint density at radius 1 is 0.846 bits per heavy atom. The number of H-pyrrole nitrogens is 1. The van der Waals surface area contributed by atoms with E-state index in [0.717, 1.165) is 39.6 Å². The van der Waals surface area contributed by atoms with Crippen molar-refractivity contribution in [2.45, 2.75) is 13.3 Å². The van der Waals surface area contributed by atoms with Crippen molar-refractivity contribution >= 4 is 23.2 Å². The Hall–Kier alpha value is -4.68. The van der Waals surface area contributed by atoms with Crippen LogP contribution in [0.4, 0.5) is 11.4 Å². The van der Waals surface area contributed by atoms with Gasteiger partial charge in [-0.05, 0) is 54.4 Å². The second-order valence-corrected chi connectivity index (χ2v) is 9.32. The van der Waals surface area contributed by atoms with Gasteiger partial charge in [-0.2, -0.15) is 0 Å². The molecule has 0 atom stereocenters. The van der Waals surface area contributed by atoms with E-state index in [0.29, 0.717) is 29.8 Å². The lowest BCUT2D eigenvalue weighted by molar-refractivity contribution is -0.0000228. The Bertz CT molecular complexity index is 1650. The lowest BCUT2D eigenvalue weighted by Crippen LogP contribution is -3.00. The summed E-state index contributed by atoms with van der Waals surface area (Å²) in [5, 5.41) is 2.98. The molecule has 7 heteroatoms. The Morgan fingerprint density at radius 3 is 2.28 bits per heavy atom. The van der Waals surface area contributed by atoms with Gasteiger partial charge in [-0.15, -0.1) is 0 Å². The minimum atomic E-state index is -0.200. The summed E-state index contributed by atoms with van der Waals surface area (Å²) in [5.74, 6) is 0.578. The summed E-state index contributed by atoms with van der Waals surface area (Å²) in [6.45, 7) is 2.49. The van der Waals surface area contributed by atoms with E-state index in [1.54, 1.807) is 24.3 Å². The summed E-state index contributed by atoms with van der Waals surface area (Å²) >= 11 is 0. The lowest BCUT2D eigenvalue weighted by atomic mass is 9.99. The second-order valence-electron chi connectivity index (χ2n) is 9.32. The number of hydrogen-bond donors (Lipinski definition) is 2. The first kappa shape index (κ1) is 25.9. The van der Waals surface area contributed by atoms with Gasteiger partial charge in [-0.3, -0.25) is 9.59 Å². The molecule has 194 valence electrons. The number of nitrogens with one attached hydrogen (secondary N) is 2. The number of amides is 2. The van der Waals surface area contributed by atoms with Crippen LogP contribution in [0, 0.1) is 6.92 Å². The van der Waals surface area contributed by atoms with Crippen LogP contribution >= 0.6 is 0 Å². The van der Waals surface area contributed by atoms with Gasteiger partial charge in [0, 0.05) is 41.0 Å². The first-order chi connectivity index (χ1) is 18.6. The predicted molar refractivity (Wildman–Crippen MR) is 152 cm³/mol. The number of imidazole rings is 1. The molecule has 0 bridgehead atoms. The SMILES string of the molecule is Cc1nc2c([nH]1)CCN(C(=O)c1ccc(NC(=O)c3ccccc3-c3ccccc3)cc1)c1ccccc1-2.[Cl-].[H+]. The molecule has 1 aliphatic rings. The summed E-state index contributed by atoms with van der Waals surface area (Å²) in [6, 6.07) is 32.3. The van der Waals surface area contributed by atoms with Crippen LogP contribution < -0.4 is 22.6 Å². The van der Waals surface area contributed by atoms with E-state index in [-0.39, 0.29) is 25.6 Å². The smallest absolute Gasteiger partial charge is 1.00 e. The molecule has 4 aromatic carbocycles. The summed E-state index contributed by atoms with van der Waals surface area (Å²) in [4.78, 5) is 36.6. The summed E-state index contributed by atoms with van der Waals surface area (Å²) in [5.41, 5.74) is 7.35. The van der Waals surface area contributed by atoms with Gasteiger partial charge in [0.05, 0.1) is 11.4 Å². The van der Waals surface area contributed by atoms with E-state index in [4.69, 9.17) is 0 Å². The molecule has 6 rings (SSSR count). The van der Waals surface area contributed by atoms with E-state index >= 15 is 0 Å². The van der Waals surface area contributed by atoms with Gasteiger partial charge in [0.2, 0.25) is 0 Å². The third kappa shape index (κ3) is 5.07. The van der Waals surface area contributed by atoms with Gasteiger partial charge in [0.1, 0.15) is 5.82 Å². The Labute approximate surface area is 234 Å². The average Bonchev–Trinajstić information content (AvgIpc) is 3.27. The molecular formula is C32H27ClN4O2. The molecule has 0 aliphatic carbocycles. The molecule has 2 N–H and O–H groups in total. The van der Waals surface area contributed by atoms with Crippen LogP contribution in [-0.2, 0) is 6.42 Å². The van der Waals surface area contributed by atoms with E-state index < -0.39 is 0 Å². The van der Waals surface area contributed by atoms with E-state index in [1.807, 2.05) is 90.7 Å². The Balaban J connectivity index is 0.00000185. The highest BCUT2D eigenvalue weighted by molar-refractivity contribution is 6.10. The van der Waals surface area contributed by atoms with E-state index in [2.05, 4.69) is 15.3 Å². The van der Waals surface area contributed by atoms with Gasteiger partial charge in [0.15, 0.2) is 0 Å². The molecular weight excluding hydrogens is 508 g/mol. The zero-order chi connectivity index (χ0) is 26.1. The molecule has 2 heterocycles. The molecule has 5 aromatic rings. The van der Waals surface area contributed by atoms with E-state index in [1.165, 1.54) is 0 Å². The van der Waals surface area contributed by atoms with Crippen LogP contribution in [0.15, 0.2) is 103 Å². The zero-order valence-corrected chi connectivity index (χ0v) is 22.1. The van der Waals surface area contributed by atoms with Crippen LogP contribution in [-0.4, -0.2) is 28.3 Å². The molecule has 39 heavy (non-hydrogen) atoms. The number of fused-ring (bicyclic) bond motifs is 3. The molecule has 0 unspecified atom stereocenters. The fourth-order valence-electron chi connectivity index (χ4n) is 5.01. The number of anilines is 2. The van der Waals surface area contributed by atoms with Crippen molar-refractivity contribution in [1.29, 1.82) is 0 Å². The van der Waals surface area contributed by atoms with Gasteiger partial charge >= 0.3 is 1.43 Å². The predicted octanol–water partition coefficient (Wildman–Crippen LogP) is 3.62. The van der Waals surface area contributed by atoms with Crippen LogP contribution in [0.5, 0.6) is 0 Å². The van der Waals surface area contributed by atoms with Gasteiger partial charge in [-0.25, -0.2) is 4.98 Å². The molecule has 1 aromatic heterocycles. The molecule has 0 radical (unpaired) electrons. The fourth-order valence-corrected chi connectivity index (χ4v) is 5.01. The third-order valence-corrected chi connectivity index (χ3v) is 6.82. The molecule has 0 saturated carbocycles. The van der Waals surface area contributed by atoms with Crippen molar-refractivity contribution in [3.8, 4) is 22.4 Å². The lowest BCUT2D eigenvalue weighted by Gasteiger charge is -2.23. The number of nitrogens with zero attached hydrogens (tertiary/aromatic N) is 2. The number of halogens is 1. The monoisotopic (exact) mass is 534 g/mol. The maximum absolute atomic E-state index is 13.6. The summed E-state index contributed by atoms with van der Waals surface area (Å²) in [6.07, 6.45) is 0.686. The number of carbonyl (C=O) groups is 2. The first-order valence-electron chi connectivity index (χ1n) is 12.6. The van der Waals surface area contributed by atoms with Crippen LogP contribution in [0.25, 0.3) is 22.4 Å². The van der Waals surface area contributed by atoms with E-state index in [9.17, 15) is 9.59 Å². The minimum absolute atomic E-state index is 0. The number of aromatic amines is 1. The summed E-state index contributed by atoms with van der Waals surface area (Å²) < 4.78 is 0. The van der Waals surface area contributed by atoms with Crippen LogP contribution in [0.3, 0.4) is 0 Å². The number of para-hydroxylation sites is 1. The maximum Gasteiger partial charge on any atom is 1.00 e. The van der Waals surface area contributed by atoms with Crippen molar-refractivity contribution in [3.05, 3.63) is 126 Å². The maximum atomic E-state index is 13.6. The molecule has 0 saturated heterocycles. The number of hydrogen-bond acceptors (Lipinski definition) is 3. The van der Waals surface area contributed by atoms with Gasteiger partial charge in [0.25, 0.3) is 11.8 Å². The molecule has 0 fully saturated rings. The standard InChI is InChI=1S/C32H26N4O2.ClH/c1-21-33-28-19-20-36(29-14-8-7-13-27(29)30(28)34-21)32(38)23-15-17-24(18-16-23)35-31(37)26-12-6-5-11-25(26)22-9-3-2-4-10-22;/h2-18H,19-20H2,1H3,(H,33,34)(H,35,37);1H. The van der Waals surface area contributed by atoms with Crippen molar-refractivity contribution in [2.75, 3.05) is 16.8 Å². The first-order valence-corrected chi connectivity index (χ1v) is 12.6. The average molecular weight is 535 g/mol. The Kier molecular flexibility index (Phi) is 7.30. The van der Waals surface area contributed by atoms with Crippen molar-refractivity contribution in [1.82, 2.24) is 9.97 Å². The highest BCUT2D eigenvalue weighted by atomic mass is 35.5. The third-order valence-electron chi connectivity index (χ3n) is 6.82. The van der Waals surface area contributed by atoms with Crippen molar-refractivity contribution in [3.63, 3.8) is 0 Å². The minimum Gasteiger partial charge on any atom is -1.00 e. The number of benzene rings is 4.